The molecular formula is C21H19N5O. The van der Waals surface area contributed by atoms with Crippen LogP contribution in [-0.2, 0) is 0 Å². The zero-order chi connectivity index (χ0) is 18.6. The number of carbonyl (C=O) groups is 1. The lowest BCUT2D eigenvalue weighted by atomic mass is 10.1. The van der Waals surface area contributed by atoms with Crippen molar-refractivity contribution < 1.29 is 4.79 Å². The third-order valence-electron chi connectivity index (χ3n) is 4.30. The van der Waals surface area contributed by atoms with E-state index in [2.05, 4.69) is 20.8 Å². The van der Waals surface area contributed by atoms with E-state index in [0.717, 1.165) is 17.0 Å². The van der Waals surface area contributed by atoms with Crippen molar-refractivity contribution in [2.24, 2.45) is 0 Å². The summed E-state index contributed by atoms with van der Waals surface area (Å²) in [5.74, 6) is 0.515. The number of nitrogens with one attached hydrogen (secondary N) is 2. The third-order valence-corrected chi connectivity index (χ3v) is 4.30. The zero-order valence-electron chi connectivity index (χ0n) is 14.8. The molecule has 0 aliphatic rings. The van der Waals surface area contributed by atoms with Gasteiger partial charge in [-0.3, -0.25) is 9.20 Å². The number of anilines is 2. The molecule has 2 aromatic carbocycles. The zero-order valence-corrected chi connectivity index (χ0v) is 14.8. The molecule has 6 heteroatoms. The monoisotopic (exact) mass is 357 g/mol. The maximum Gasteiger partial charge on any atom is 0.253 e. The fourth-order valence-electron chi connectivity index (χ4n) is 2.96. The normalized spacial score (nSPS) is 11.9. The van der Waals surface area contributed by atoms with Crippen LogP contribution >= 0.6 is 0 Å². The first-order chi connectivity index (χ1) is 13.2. The first kappa shape index (κ1) is 16.8. The molecule has 2 N–H and O–H groups in total. The molecule has 1 amide bonds. The Hall–Kier alpha value is -3.67. The van der Waals surface area contributed by atoms with E-state index in [0.29, 0.717) is 11.4 Å². The van der Waals surface area contributed by atoms with Crippen LogP contribution in [0, 0.1) is 0 Å². The largest absolute Gasteiger partial charge is 0.355 e. The van der Waals surface area contributed by atoms with Crippen LogP contribution in [0.5, 0.6) is 0 Å². The van der Waals surface area contributed by atoms with Gasteiger partial charge in [-0.2, -0.15) is 0 Å². The second-order valence-electron chi connectivity index (χ2n) is 6.22. The number of para-hydroxylation sites is 2. The minimum atomic E-state index is -0.292. The van der Waals surface area contributed by atoms with Crippen molar-refractivity contribution in [3.05, 3.63) is 90.4 Å². The second-order valence-corrected chi connectivity index (χ2v) is 6.22. The Kier molecular flexibility index (Phi) is 4.53. The highest BCUT2D eigenvalue weighted by Gasteiger charge is 2.18. The second kappa shape index (κ2) is 7.29. The lowest BCUT2D eigenvalue weighted by Gasteiger charge is -2.15. The van der Waals surface area contributed by atoms with Crippen LogP contribution in [0.3, 0.4) is 0 Å². The van der Waals surface area contributed by atoms with Gasteiger partial charge in [0, 0.05) is 11.9 Å². The van der Waals surface area contributed by atoms with Crippen LogP contribution in [-0.4, -0.2) is 20.5 Å². The molecule has 1 unspecified atom stereocenters. The fraction of sp³-hybridized carbons (Fsp3) is 0.0952. The van der Waals surface area contributed by atoms with Crippen molar-refractivity contribution >= 4 is 22.9 Å². The van der Waals surface area contributed by atoms with Gasteiger partial charge in [0.15, 0.2) is 11.5 Å². The van der Waals surface area contributed by atoms with E-state index in [1.54, 1.807) is 6.07 Å². The van der Waals surface area contributed by atoms with Crippen molar-refractivity contribution in [3.8, 4) is 0 Å². The van der Waals surface area contributed by atoms with Crippen molar-refractivity contribution in [3.63, 3.8) is 0 Å². The molecule has 1 atom stereocenters. The number of aromatic nitrogens is 3. The summed E-state index contributed by atoms with van der Waals surface area (Å²) in [4.78, 5) is 12.9. The average molecular weight is 357 g/mol. The van der Waals surface area contributed by atoms with Gasteiger partial charge < -0.3 is 10.6 Å². The van der Waals surface area contributed by atoms with Crippen LogP contribution in [0.15, 0.2) is 79.0 Å². The summed E-state index contributed by atoms with van der Waals surface area (Å²) < 4.78 is 1.87. The minimum absolute atomic E-state index is 0.172. The number of carbonyl (C=O) groups excluding carboxylic acids is 1. The molecule has 0 spiro atoms. The Labute approximate surface area is 156 Å². The van der Waals surface area contributed by atoms with Crippen LogP contribution < -0.4 is 10.6 Å². The van der Waals surface area contributed by atoms with Crippen LogP contribution in [0.1, 0.15) is 29.1 Å². The molecule has 0 aliphatic heterocycles. The summed E-state index contributed by atoms with van der Waals surface area (Å²) in [5, 5.41) is 14.7. The number of amides is 1. The molecule has 4 aromatic rings. The van der Waals surface area contributed by atoms with Crippen molar-refractivity contribution in [2.75, 3.05) is 5.32 Å². The summed E-state index contributed by atoms with van der Waals surface area (Å²) >= 11 is 0. The maximum absolute atomic E-state index is 12.9. The predicted octanol–water partition coefficient (Wildman–Crippen LogP) is 3.96. The van der Waals surface area contributed by atoms with E-state index in [4.69, 9.17) is 0 Å². The van der Waals surface area contributed by atoms with Crippen molar-refractivity contribution in [2.45, 2.75) is 13.0 Å². The summed E-state index contributed by atoms with van der Waals surface area (Å²) in [6.07, 6.45) is 1.89. The summed E-state index contributed by atoms with van der Waals surface area (Å²) in [6, 6.07) is 22.6. The number of pyridine rings is 1. The van der Waals surface area contributed by atoms with Gasteiger partial charge >= 0.3 is 0 Å². The van der Waals surface area contributed by atoms with Gasteiger partial charge in [0.2, 0.25) is 0 Å². The van der Waals surface area contributed by atoms with E-state index < -0.39 is 0 Å². The Morgan fingerprint density at radius 1 is 0.926 bits per heavy atom. The molecule has 0 saturated heterocycles. The van der Waals surface area contributed by atoms with Crippen molar-refractivity contribution in [1.82, 2.24) is 19.9 Å². The van der Waals surface area contributed by atoms with Crippen LogP contribution in [0.4, 0.5) is 11.4 Å². The smallest absolute Gasteiger partial charge is 0.253 e. The van der Waals surface area contributed by atoms with E-state index in [-0.39, 0.29) is 11.9 Å². The van der Waals surface area contributed by atoms with Gasteiger partial charge in [-0.05, 0) is 43.3 Å². The highest BCUT2D eigenvalue weighted by atomic mass is 16.1. The Morgan fingerprint density at radius 3 is 2.52 bits per heavy atom. The molecule has 0 radical (unpaired) electrons. The number of nitrogens with zero attached hydrogens (tertiary/aromatic N) is 3. The van der Waals surface area contributed by atoms with Crippen molar-refractivity contribution in [1.29, 1.82) is 0 Å². The molecule has 0 fully saturated rings. The molecule has 4 rings (SSSR count). The summed E-state index contributed by atoms with van der Waals surface area (Å²) in [5.41, 5.74) is 3.00. The highest BCUT2D eigenvalue weighted by molar-refractivity contribution is 6.00. The molecule has 6 nitrogen and oxygen atoms in total. The average Bonchev–Trinajstić information content (AvgIpc) is 3.13. The molecule has 0 aliphatic carbocycles. The van der Waals surface area contributed by atoms with Gasteiger partial charge in [-0.25, -0.2) is 0 Å². The lowest BCUT2D eigenvalue weighted by Crippen LogP contribution is -2.28. The molecule has 0 saturated carbocycles. The molecule has 2 heterocycles. The van der Waals surface area contributed by atoms with E-state index in [1.165, 1.54) is 0 Å². The maximum atomic E-state index is 12.9. The highest BCUT2D eigenvalue weighted by Crippen LogP contribution is 2.21. The van der Waals surface area contributed by atoms with Gasteiger partial charge in [-0.15, -0.1) is 10.2 Å². The Bertz CT molecular complexity index is 1070. The SMILES string of the molecule is CC(NC(=O)c1ccccc1Nc1ccccc1)c1nnc2ccccn12. The quantitative estimate of drug-likeness (QED) is 0.567. The van der Waals surface area contributed by atoms with Gasteiger partial charge in [0.05, 0.1) is 17.3 Å². The Morgan fingerprint density at radius 2 is 1.67 bits per heavy atom. The van der Waals surface area contributed by atoms with Gasteiger partial charge in [0.25, 0.3) is 5.91 Å². The van der Waals surface area contributed by atoms with E-state index in [9.17, 15) is 4.79 Å². The van der Waals surface area contributed by atoms with E-state index in [1.807, 2.05) is 84.3 Å². The minimum Gasteiger partial charge on any atom is -0.355 e. The molecule has 134 valence electrons. The molecule has 2 aromatic heterocycles. The van der Waals surface area contributed by atoms with Gasteiger partial charge in [-0.1, -0.05) is 36.4 Å². The number of fused-ring (bicyclic) bond motifs is 1. The lowest BCUT2D eigenvalue weighted by molar-refractivity contribution is 0.0939. The first-order valence-corrected chi connectivity index (χ1v) is 8.74. The molecular weight excluding hydrogens is 338 g/mol. The number of rotatable bonds is 5. The predicted molar refractivity (Wildman–Crippen MR) is 105 cm³/mol. The third kappa shape index (κ3) is 3.50. The molecule has 0 bridgehead atoms. The van der Waals surface area contributed by atoms with Crippen LogP contribution in [0.2, 0.25) is 0 Å². The standard InChI is InChI=1S/C21H19N5O/c1-15(20-25-24-19-13-7-8-14-26(19)20)22-21(27)17-11-5-6-12-18(17)23-16-9-3-2-4-10-16/h2-15,23H,1H3,(H,22,27). The number of hydrogen-bond acceptors (Lipinski definition) is 4. The summed E-state index contributed by atoms with van der Waals surface area (Å²) in [6.45, 7) is 1.90. The number of hydrogen-bond donors (Lipinski definition) is 2. The van der Waals surface area contributed by atoms with Crippen LogP contribution in [0.25, 0.3) is 5.65 Å². The first-order valence-electron chi connectivity index (χ1n) is 8.74. The fourth-order valence-corrected chi connectivity index (χ4v) is 2.96. The Balaban J connectivity index is 1.56. The summed E-state index contributed by atoms with van der Waals surface area (Å²) in [7, 11) is 0. The van der Waals surface area contributed by atoms with Gasteiger partial charge in [0.1, 0.15) is 0 Å². The number of benzene rings is 2. The molecule has 27 heavy (non-hydrogen) atoms. The topological polar surface area (TPSA) is 71.3 Å². The van der Waals surface area contributed by atoms with E-state index >= 15 is 0 Å².